The molecule has 1 aliphatic rings. The van der Waals surface area contributed by atoms with Crippen LogP contribution >= 0.6 is 0 Å². The Bertz CT molecular complexity index is 1040. The van der Waals surface area contributed by atoms with Crippen LogP contribution in [0.2, 0.25) is 0 Å². The molecule has 1 saturated heterocycles. The lowest BCUT2D eigenvalue weighted by Gasteiger charge is -2.29. The maximum atomic E-state index is 11.8. The number of nitrogens with one attached hydrogen (secondary N) is 1. The van der Waals surface area contributed by atoms with Gasteiger partial charge in [0.05, 0.1) is 29.8 Å². The number of primary sulfonamides is 1. The summed E-state index contributed by atoms with van der Waals surface area (Å²) in [5.41, 5.74) is 2.90. The third kappa shape index (κ3) is 5.97. The van der Waals surface area contributed by atoms with E-state index >= 15 is 0 Å². The van der Waals surface area contributed by atoms with Crippen molar-refractivity contribution in [1.82, 2.24) is 10.2 Å². The molecule has 33 heavy (non-hydrogen) atoms. The van der Waals surface area contributed by atoms with E-state index in [2.05, 4.69) is 5.32 Å². The van der Waals surface area contributed by atoms with Gasteiger partial charge in [-0.2, -0.15) is 0 Å². The number of aliphatic hydroxyl groups is 3. The summed E-state index contributed by atoms with van der Waals surface area (Å²) < 4.78 is 22.8. The summed E-state index contributed by atoms with van der Waals surface area (Å²) in [6, 6.07) is 13.1. The average Bonchev–Trinajstić information content (AvgIpc) is 3.02. The van der Waals surface area contributed by atoms with Gasteiger partial charge in [0.2, 0.25) is 15.9 Å². The van der Waals surface area contributed by atoms with Crippen molar-refractivity contribution in [3.8, 4) is 11.1 Å². The van der Waals surface area contributed by atoms with Crippen LogP contribution in [-0.2, 0) is 21.2 Å². The van der Waals surface area contributed by atoms with Crippen LogP contribution in [0, 0.1) is 0 Å². The molecule has 6 N–H and O–H groups in total. The SMILES string of the molecule is CNC(=O)C[C@@H]1[C@@H](O)[C@H](O)[C@@H](CO)N1CCCc1ccc(-c2ccc(S(N)(=O)=O)cc2)cc1. The lowest BCUT2D eigenvalue weighted by molar-refractivity contribution is -0.122. The van der Waals surface area contributed by atoms with Crippen LogP contribution in [0.1, 0.15) is 18.4 Å². The Morgan fingerprint density at radius 1 is 1.00 bits per heavy atom. The summed E-state index contributed by atoms with van der Waals surface area (Å²) in [6.07, 6.45) is -0.714. The van der Waals surface area contributed by atoms with Crippen molar-refractivity contribution in [3.05, 3.63) is 54.1 Å². The lowest BCUT2D eigenvalue weighted by atomic mass is 10.0. The van der Waals surface area contributed by atoms with Gasteiger partial charge in [0.25, 0.3) is 0 Å². The molecule has 3 rings (SSSR count). The zero-order valence-electron chi connectivity index (χ0n) is 18.5. The molecule has 0 unspecified atom stereocenters. The Kier molecular flexibility index (Phi) is 8.22. The Labute approximate surface area is 193 Å². The standard InChI is InChI=1S/C23H31N3O6S/c1-25-21(28)13-19-22(29)23(30)20(14-27)26(19)12-2-3-15-4-6-16(7-5-15)17-8-10-18(11-9-17)33(24,31)32/h4-11,19-20,22-23,27,29-30H,2-3,12-14H2,1H3,(H,25,28)(H2,24,31,32)/t19-,20-,22-,23-/m1/s1. The van der Waals surface area contributed by atoms with Gasteiger partial charge in [-0.05, 0) is 48.2 Å². The van der Waals surface area contributed by atoms with E-state index in [0.717, 1.165) is 23.1 Å². The molecular formula is C23H31N3O6S. The minimum absolute atomic E-state index is 0.0458. The predicted octanol–water partition coefficient (Wildman–Crippen LogP) is -0.163. The highest BCUT2D eigenvalue weighted by Gasteiger charge is 2.47. The second kappa shape index (κ2) is 10.7. The van der Waals surface area contributed by atoms with E-state index in [1.54, 1.807) is 12.1 Å². The number of nitrogens with two attached hydrogens (primary N) is 1. The maximum absolute atomic E-state index is 11.8. The quantitative estimate of drug-likeness (QED) is 0.336. The molecule has 2 aromatic rings. The van der Waals surface area contributed by atoms with E-state index in [-0.39, 0.29) is 23.8 Å². The second-order valence-electron chi connectivity index (χ2n) is 8.28. The van der Waals surface area contributed by atoms with Crippen molar-refractivity contribution in [2.45, 2.75) is 48.4 Å². The molecule has 0 aliphatic carbocycles. The van der Waals surface area contributed by atoms with Gasteiger partial charge in [-0.3, -0.25) is 9.69 Å². The van der Waals surface area contributed by atoms with Crippen molar-refractivity contribution in [1.29, 1.82) is 0 Å². The van der Waals surface area contributed by atoms with Crippen LogP contribution in [-0.4, -0.2) is 79.0 Å². The van der Waals surface area contributed by atoms with Crippen LogP contribution < -0.4 is 10.5 Å². The number of amides is 1. The average molecular weight is 478 g/mol. The first-order chi connectivity index (χ1) is 15.7. The van der Waals surface area contributed by atoms with Crippen LogP contribution in [0.5, 0.6) is 0 Å². The van der Waals surface area contributed by atoms with E-state index in [9.17, 15) is 28.5 Å². The highest BCUT2D eigenvalue weighted by molar-refractivity contribution is 7.89. The van der Waals surface area contributed by atoms with Gasteiger partial charge in [0.1, 0.15) is 0 Å². The van der Waals surface area contributed by atoms with Crippen molar-refractivity contribution >= 4 is 15.9 Å². The fraction of sp³-hybridized carbons (Fsp3) is 0.435. The van der Waals surface area contributed by atoms with Gasteiger partial charge < -0.3 is 20.6 Å². The normalized spacial score (nSPS) is 23.5. The van der Waals surface area contributed by atoms with Crippen molar-refractivity contribution < 1.29 is 28.5 Å². The summed E-state index contributed by atoms with van der Waals surface area (Å²) in [7, 11) is -2.20. The zero-order chi connectivity index (χ0) is 24.2. The smallest absolute Gasteiger partial charge is 0.238 e. The lowest BCUT2D eigenvalue weighted by Crippen LogP contribution is -2.44. The molecule has 0 radical (unpaired) electrons. The van der Waals surface area contributed by atoms with Crippen molar-refractivity contribution in [3.63, 3.8) is 0 Å². The number of likely N-dealkylation sites (tertiary alicyclic amines) is 1. The number of sulfonamides is 1. The molecule has 1 aliphatic heterocycles. The minimum atomic E-state index is -3.72. The minimum Gasteiger partial charge on any atom is -0.395 e. The van der Waals surface area contributed by atoms with Crippen LogP contribution in [0.3, 0.4) is 0 Å². The van der Waals surface area contributed by atoms with E-state index < -0.39 is 34.3 Å². The van der Waals surface area contributed by atoms with Crippen LogP contribution in [0.15, 0.2) is 53.4 Å². The second-order valence-corrected chi connectivity index (χ2v) is 9.84. The third-order valence-corrected chi connectivity index (χ3v) is 7.13. The number of carbonyl (C=O) groups is 1. The van der Waals surface area contributed by atoms with Gasteiger partial charge in [-0.1, -0.05) is 36.4 Å². The molecule has 2 aromatic carbocycles. The largest absolute Gasteiger partial charge is 0.395 e. The molecule has 0 bridgehead atoms. The fourth-order valence-corrected chi connectivity index (χ4v) is 4.85. The molecule has 0 saturated carbocycles. The third-order valence-electron chi connectivity index (χ3n) is 6.20. The Balaban J connectivity index is 1.62. The number of carbonyl (C=O) groups excluding carboxylic acids is 1. The van der Waals surface area contributed by atoms with E-state index in [4.69, 9.17) is 5.14 Å². The molecule has 4 atom stereocenters. The van der Waals surface area contributed by atoms with Crippen molar-refractivity contribution in [2.24, 2.45) is 5.14 Å². The molecule has 10 heteroatoms. The predicted molar refractivity (Wildman–Crippen MR) is 124 cm³/mol. The number of aliphatic hydroxyl groups excluding tert-OH is 3. The monoisotopic (exact) mass is 477 g/mol. The summed E-state index contributed by atoms with van der Waals surface area (Å²) in [6.45, 7) is 0.208. The number of rotatable bonds is 9. The van der Waals surface area contributed by atoms with E-state index in [1.165, 1.54) is 19.2 Å². The molecule has 1 heterocycles. The number of aryl methyl sites for hydroxylation is 1. The first-order valence-corrected chi connectivity index (χ1v) is 12.4. The van der Waals surface area contributed by atoms with Gasteiger partial charge in [0, 0.05) is 19.5 Å². The Hall–Kier alpha value is -2.34. The Morgan fingerprint density at radius 3 is 2.06 bits per heavy atom. The summed E-state index contributed by atoms with van der Waals surface area (Å²) in [5.74, 6) is -0.234. The van der Waals surface area contributed by atoms with Crippen LogP contribution in [0.4, 0.5) is 0 Å². The number of nitrogens with zero attached hydrogens (tertiary/aromatic N) is 1. The highest BCUT2D eigenvalue weighted by atomic mass is 32.2. The molecule has 0 aromatic heterocycles. The van der Waals surface area contributed by atoms with E-state index in [0.29, 0.717) is 13.0 Å². The van der Waals surface area contributed by atoms with E-state index in [1.807, 2.05) is 29.2 Å². The summed E-state index contributed by atoms with van der Waals surface area (Å²) in [4.78, 5) is 13.7. The first kappa shape index (κ1) is 25.3. The van der Waals surface area contributed by atoms with Gasteiger partial charge in [0.15, 0.2) is 0 Å². The van der Waals surface area contributed by atoms with Gasteiger partial charge in [-0.25, -0.2) is 13.6 Å². The van der Waals surface area contributed by atoms with Gasteiger partial charge >= 0.3 is 0 Å². The molecule has 0 spiro atoms. The fourth-order valence-electron chi connectivity index (χ4n) is 4.33. The zero-order valence-corrected chi connectivity index (χ0v) is 19.3. The topological polar surface area (TPSA) is 153 Å². The molecule has 9 nitrogen and oxygen atoms in total. The Morgan fingerprint density at radius 2 is 1.55 bits per heavy atom. The molecule has 180 valence electrons. The molecule has 1 amide bonds. The first-order valence-electron chi connectivity index (χ1n) is 10.8. The summed E-state index contributed by atoms with van der Waals surface area (Å²) >= 11 is 0. The maximum Gasteiger partial charge on any atom is 0.238 e. The summed E-state index contributed by atoms with van der Waals surface area (Å²) in [5, 5.41) is 38.0. The number of benzene rings is 2. The number of hydrogen-bond acceptors (Lipinski definition) is 7. The van der Waals surface area contributed by atoms with Crippen LogP contribution in [0.25, 0.3) is 11.1 Å². The van der Waals surface area contributed by atoms with Gasteiger partial charge in [-0.15, -0.1) is 0 Å². The van der Waals surface area contributed by atoms with Crippen molar-refractivity contribution in [2.75, 3.05) is 20.2 Å². The number of hydrogen-bond donors (Lipinski definition) is 5. The molecule has 1 fully saturated rings. The highest BCUT2D eigenvalue weighted by Crippen LogP contribution is 2.28. The molecular weight excluding hydrogens is 446 g/mol.